The Morgan fingerprint density at radius 3 is 2.90 bits per heavy atom. The number of nitrogens with two attached hydrogens (primary N) is 1. The van der Waals surface area contributed by atoms with Crippen molar-refractivity contribution in [3.05, 3.63) is 18.2 Å². The topological polar surface area (TPSA) is 75.9 Å². The van der Waals surface area contributed by atoms with Gasteiger partial charge in [0.1, 0.15) is 5.75 Å². The number of carbonyl (C=O) groups is 2. The van der Waals surface area contributed by atoms with Crippen molar-refractivity contribution in [1.82, 2.24) is 4.90 Å². The van der Waals surface area contributed by atoms with E-state index >= 15 is 0 Å². The van der Waals surface area contributed by atoms with Crippen LogP contribution in [0.1, 0.15) is 12.8 Å². The van der Waals surface area contributed by atoms with Gasteiger partial charge in [-0.15, -0.1) is 0 Å². The second-order valence-electron chi connectivity index (χ2n) is 4.95. The molecule has 6 heteroatoms. The molecule has 1 heterocycles. The number of hydrogen-bond acceptors (Lipinski definition) is 4. The third-order valence-electron chi connectivity index (χ3n) is 3.20. The minimum Gasteiger partial charge on any atom is -0.481 e. The number of amides is 2. The Bertz CT molecular complexity index is 528. The second-order valence-corrected chi connectivity index (χ2v) is 4.95. The Balaban J connectivity index is 2.04. The molecule has 0 aliphatic carbocycles. The van der Waals surface area contributed by atoms with E-state index in [2.05, 4.69) is 0 Å². The van der Waals surface area contributed by atoms with Crippen LogP contribution in [0.4, 0.5) is 11.4 Å². The fourth-order valence-electron chi connectivity index (χ4n) is 2.08. The van der Waals surface area contributed by atoms with Crippen molar-refractivity contribution < 1.29 is 14.3 Å². The fraction of sp³-hybridized carbons (Fsp3) is 0.429. The maximum atomic E-state index is 11.9. The molecule has 2 rings (SSSR count). The first kappa shape index (κ1) is 14.2. The van der Waals surface area contributed by atoms with Crippen molar-refractivity contribution in [1.29, 1.82) is 0 Å². The lowest BCUT2D eigenvalue weighted by molar-refractivity contribution is -0.129. The van der Waals surface area contributed by atoms with Gasteiger partial charge in [-0.1, -0.05) is 0 Å². The molecule has 1 aromatic rings. The maximum absolute atomic E-state index is 11.9. The number of ether oxygens (including phenoxy) is 1. The van der Waals surface area contributed by atoms with Crippen LogP contribution in [0.25, 0.3) is 0 Å². The lowest BCUT2D eigenvalue weighted by atomic mass is 10.2. The van der Waals surface area contributed by atoms with E-state index in [1.165, 1.54) is 0 Å². The standard InChI is InChI=1S/C14H19N3O3/c1-16(2)13(18)4-3-7-17-11-6-5-10(15)8-12(11)20-9-14(17)19/h5-6,8H,3-4,7,9,15H2,1-2H3. The quantitative estimate of drug-likeness (QED) is 0.828. The number of benzene rings is 1. The fourth-order valence-corrected chi connectivity index (χ4v) is 2.08. The van der Waals surface area contributed by atoms with E-state index in [0.717, 1.165) is 0 Å². The number of nitrogens with zero attached hydrogens (tertiary/aromatic N) is 2. The van der Waals surface area contributed by atoms with Crippen molar-refractivity contribution in [3.8, 4) is 5.75 Å². The van der Waals surface area contributed by atoms with Gasteiger partial charge in [0.2, 0.25) is 5.91 Å². The number of nitrogen functional groups attached to an aromatic ring is 1. The second kappa shape index (κ2) is 5.81. The molecule has 0 radical (unpaired) electrons. The average molecular weight is 277 g/mol. The van der Waals surface area contributed by atoms with Gasteiger partial charge in [-0.3, -0.25) is 9.59 Å². The Hall–Kier alpha value is -2.24. The van der Waals surface area contributed by atoms with Crippen LogP contribution in [-0.2, 0) is 9.59 Å². The van der Waals surface area contributed by atoms with Crippen molar-refractivity contribution in [2.24, 2.45) is 0 Å². The predicted molar refractivity (Wildman–Crippen MR) is 76.6 cm³/mol. The molecule has 0 aromatic heterocycles. The Morgan fingerprint density at radius 1 is 1.45 bits per heavy atom. The van der Waals surface area contributed by atoms with Crippen LogP contribution in [0.5, 0.6) is 5.75 Å². The summed E-state index contributed by atoms with van der Waals surface area (Å²) in [6.45, 7) is 0.511. The molecular weight excluding hydrogens is 258 g/mol. The molecule has 0 atom stereocenters. The maximum Gasteiger partial charge on any atom is 0.265 e. The number of anilines is 2. The number of fused-ring (bicyclic) bond motifs is 1. The van der Waals surface area contributed by atoms with Gasteiger partial charge < -0.3 is 20.3 Å². The van der Waals surface area contributed by atoms with Crippen molar-refractivity contribution >= 4 is 23.2 Å². The van der Waals surface area contributed by atoms with Gasteiger partial charge in [0.15, 0.2) is 6.61 Å². The van der Waals surface area contributed by atoms with Crippen molar-refractivity contribution in [3.63, 3.8) is 0 Å². The summed E-state index contributed by atoms with van der Waals surface area (Å²) in [5.74, 6) is 0.575. The Kier molecular flexibility index (Phi) is 4.12. The molecule has 6 nitrogen and oxygen atoms in total. The van der Waals surface area contributed by atoms with E-state index in [4.69, 9.17) is 10.5 Å². The number of carbonyl (C=O) groups excluding carboxylic acids is 2. The summed E-state index contributed by atoms with van der Waals surface area (Å²) in [4.78, 5) is 26.7. The van der Waals surface area contributed by atoms with Crippen LogP contribution in [0.15, 0.2) is 18.2 Å². The van der Waals surface area contributed by atoms with Crippen molar-refractivity contribution in [2.45, 2.75) is 12.8 Å². The Morgan fingerprint density at radius 2 is 2.20 bits per heavy atom. The minimum absolute atomic E-state index is 0.0120. The van der Waals surface area contributed by atoms with Gasteiger partial charge in [-0.2, -0.15) is 0 Å². The van der Waals surface area contributed by atoms with Gasteiger partial charge in [0.05, 0.1) is 5.69 Å². The zero-order valence-electron chi connectivity index (χ0n) is 11.8. The van der Waals surface area contributed by atoms with Crippen LogP contribution in [0.3, 0.4) is 0 Å². The van der Waals surface area contributed by atoms with Crippen LogP contribution in [0.2, 0.25) is 0 Å². The summed E-state index contributed by atoms with van der Waals surface area (Å²) in [5.41, 5.74) is 7.01. The van der Waals surface area contributed by atoms with Gasteiger partial charge in [-0.25, -0.2) is 0 Å². The first-order valence-electron chi connectivity index (χ1n) is 6.52. The highest BCUT2D eigenvalue weighted by molar-refractivity contribution is 5.98. The van der Waals surface area contributed by atoms with Gasteiger partial charge >= 0.3 is 0 Å². The molecule has 108 valence electrons. The summed E-state index contributed by atoms with van der Waals surface area (Å²) in [6, 6.07) is 5.22. The molecule has 0 unspecified atom stereocenters. The number of hydrogen-bond donors (Lipinski definition) is 1. The third-order valence-corrected chi connectivity index (χ3v) is 3.20. The summed E-state index contributed by atoms with van der Waals surface area (Å²) in [6.07, 6.45) is 1.04. The molecular formula is C14H19N3O3. The largest absolute Gasteiger partial charge is 0.481 e. The highest BCUT2D eigenvalue weighted by atomic mass is 16.5. The van der Waals surface area contributed by atoms with Gasteiger partial charge in [0, 0.05) is 38.8 Å². The molecule has 0 spiro atoms. The zero-order chi connectivity index (χ0) is 14.7. The summed E-state index contributed by atoms with van der Waals surface area (Å²) in [5, 5.41) is 0. The minimum atomic E-state index is -0.0976. The van der Waals surface area contributed by atoms with E-state index in [1.807, 2.05) is 0 Å². The Labute approximate surface area is 118 Å². The molecule has 2 amide bonds. The van der Waals surface area contributed by atoms with E-state index in [1.54, 1.807) is 42.1 Å². The highest BCUT2D eigenvalue weighted by Crippen LogP contribution is 2.33. The van der Waals surface area contributed by atoms with Gasteiger partial charge in [0.25, 0.3) is 5.91 Å². The first-order chi connectivity index (χ1) is 9.49. The first-order valence-corrected chi connectivity index (χ1v) is 6.52. The molecule has 0 bridgehead atoms. The monoisotopic (exact) mass is 277 g/mol. The van der Waals surface area contributed by atoms with Crippen LogP contribution >= 0.6 is 0 Å². The number of rotatable bonds is 4. The average Bonchev–Trinajstić information content (AvgIpc) is 2.41. The molecule has 1 aromatic carbocycles. The molecule has 0 fully saturated rings. The SMILES string of the molecule is CN(C)C(=O)CCCN1C(=O)COc2cc(N)ccc21. The lowest BCUT2D eigenvalue weighted by Crippen LogP contribution is -2.39. The van der Waals surface area contributed by atoms with E-state index in [0.29, 0.717) is 36.5 Å². The van der Waals surface area contributed by atoms with E-state index in [-0.39, 0.29) is 18.4 Å². The summed E-state index contributed by atoms with van der Waals surface area (Å²) in [7, 11) is 3.45. The molecule has 2 N–H and O–H groups in total. The van der Waals surface area contributed by atoms with Crippen LogP contribution in [-0.4, -0.2) is 44.0 Å². The normalized spacial score (nSPS) is 13.7. The third kappa shape index (κ3) is 3.01. The summed E-state index contributed by atoms with van der Waals surface area (Å²) < 4.78 is 5.37. The smallest absolute Gasteiger partial charge is 0.265 e. The molecule has 1 aliphatic heterocycles. The molecule has 0 saturated heterocycles. The molecule has 0 saturated carbocycles. The van der Waals surface area contributed by atoms with Crippen LogP contribution in [0, 0.1) is 0 Å². The van der Waals surface area contributed by atoms with Gasteiger partial charge in [-0.05, 0) is 18.6 Å². The lowest BCUT2D eigenvalue weighted by Gasteiger charge is -2.29. The van der Waals surface area contributed by atoms with Crippen molar-refractivity contribution in [2.75, 3.05) is 37.9 Å². The predicted octanol–water partition coefficient (Wildman–Crippen LogP) is 0.863. The van der Waals surface area contributed by atoms with Crippen LogP contribution < -0.4 is 15.4 Å². The van der Waals surface area contributed by atoms with E-state index in [9.17, 15) is 9.59 Å². The van der Waals surface area contributed by atoms with E-state index < -0.39 is 0 Å². The zero-order valence-corrected chi connectivity index (χ0v) is 11.8. The molecule has 20 heavy (non-hydrogen) atoms. The highest BCUT2D eigenvalue weighted by Gasteiger charge is 2.25. The summed E-state index contributed by atoms with van der Waals surface area (Å²) >= 11 is 0. The molecule has 1 aliphatic rings.